The fraction of sp³-hybridized carbons (Fsp3) is 0.875. The van der Waals surface area contributed by atoms with Crippen LogP contribution in [0, 0.1) is 17.8 Å². The Bertz CT molecular complexity index is 306. The lowest BCUT2D eigenvalue weighted by Crippen LogP contribution is -2.10. The van der Waals surface area contributed by atoms with E-state index in [2.05, 4.69) is 0 Å². The molecule has 0 bridgehead atoms. The molecule has 2 fully saturated rings. The minimum Gasteiger partial charge on any atom is -0.481 e. The van der Waals surface area contributed by atoms with Crippen molar-refractivity contribution < 1.29 is 14.7 Å². The van der Waals surface area contributed by atoms with Crippen LogP contribution in [0.15, 0.2) is 0 Å². The molecule has 2 atom stereocenters. The van der Waals surface area contributed by atoms with Gasteiger partial charge in [-0.2, -0.15) is 0 Å². The minimum absolute atomic E-state index is 0.0163. The summed E-state index contributed by atoms with van der Waals surface area (Å²) in [6.07, 6.45) is 12.4. The molecular weight excluding hydrogens is 240 g/mol. The number of carboxylic acids is 1. The normalized spacial score (nSPS) is 32.5. The van der Waals surface area contributed by atoms with Crippen molar-refractivity contribution in [1.82, 2.24) is 0 Å². The standard InChI is InChI=1S/C16H26O3/c17-14(11-15(18)19)16-12-9-7-5-3-1-2-4-6-8-10-13(12)16/h12-13,16H,1-11H2,(H,18,19). The molecule has 0 aromatic rings. The van der Waals surface area contributed by atoms with Gasteiger partial charge in [-0.05, 0) is 24.7 Å². The molecule has 0 aromatic heterocycles. The summed E-state index contributed by atoms with van der Waals surface area (Å²) in [5.74, 6) is 0.110. The molecule has 0 saturated heterocycles. The predicted molar refractivity (Wildman–Crippen MR) is 73.9 cm³/mol. The largest absolute Gasteiger partial charge is 0.481 e. The third-order valence-electron chi connectivity index (χ3n) is 4.85. The van der Waals surface area contributed by atoms with E-state index >= 15 is 0 Å². The second-order valence-electron chi connectivity index (χ2n) is 6.30. The minimum atomic E-state index is -0.965. The third-order valence-corrected chi connectivity index (χ3v) is 4.85. The maximum atomic E-state index is 11.9. The Kier molecular flexibility index (Phi) is 5.41. The van der Waals surface area contributed by atoms with Gasteiger partial charge in [-0.3, -0.25) is 9.59 Å². The lowest BCUT2D eigenvalue weighted by Gasteiger charge is -2.05. The predicted octanol–water partition coefficient (Wildman–Crippen LogP) is 3.81. The first-order chi connectivity index (χ1) is 9.20. The van der Waals surface area contributed by atoms with Crippen molar-refractivity contribution >= 4 is 11.8 Å². The summed E-state index contributed by atoms with van der Waals surface area (Å²) in [5.41, 5.74) is 0. The van der Waals surface area contributed by atoms with Gasteiger partial charge < -0.3 is 5.11 Å². The number of carboxylic acid groups (broad SMARTS) is 1. The molecule has 108 valence electrons. The number of hydrogen-bond acceptors (Lipinski definition) is 2. The van der Waals surface area contributed by atoms with Crippen molar-refractivity contribution in [3.05, 3.63) is 0 Å². The number of rotatable bonds is 3. The van der Waals surface area contributed by atoms with E-state index in [4.69, 9.17) is 5.11 Å². The lowest BCUT2D eigenvalue weighted by molar-refractivity contribution is -0.140. The molecule has 0 spiro atoms. The van der Waals surface area contributed by atoms with Gasteiger partial charge in [0.25, 0.3) is 0 Å². The van der Waals surface area contributed by atoms with Gasteiger partial charge in [0.1, 0.15) is 12.2 Å². The van der Waals surface area contributed by atoms with Gasteiger partial charge in [0.15, 0.2) is 0 Å². The van der Waals surface area contributed by atoms with E-state index in [0.717, 1.165) is 12.8 Å². The number of carbonyl (C=O) groups is 2. The summed E-state index contributed by atoms with van der Waals surface area (Å²) in [6, 6.07) is 0. The number of hydrogen-bond donors (Lipinski definition) is 1. The summed E-state index contributed by atoms with van der Waals surface area (Å²) in [7, 11) is 0. The molecule has 0 heterocycles. The van der Waals surface area contributed by atoms with E-state index in [1.807, 2.05) is 0 Å². The maximum Gasteiger partial charge on any atom is 0.310 e. The molecule has 2 unspecified atom stereocenters. The molecule has 2 rings (SSSR count). The topological polar surface area (TPSA) is 54.4 Å². The van der Waals surface area contributed by atoms with Crippen LogP contribution in [0.4, 0.5) is 0 Å². The molecule has 2 aliphatic carbocycles. The van der Waals surface area contributed by atoms with Crippen LogP contribution in [0.25, 0.3) is 0 Å². The van der Waals surface area contributed by atoms with E-state index in [1.54, 1.807) is 0 Å². The quantitative estimate of drug-likeness (QED) is 0.790. The van der Waals surface area contributed by atoms with Crippen LogP contribution in [0.3, 0.4) is 0 Å². The van der Waals surface area contributed by atoms with Crippen molar-refractivity contribution in [2.45, 2.75) is 70.6 Å². The van der Waals surface area contributed by atoms with Crippen LogP contribution in [-0.2, 0) is 9.59 Å². The summed E-state index contributed by atoms with van der Waals surface area (Å²) < 4.78 is 0. The Morgan fingerprint density at radius 1 is 0.789 bits per heavy atom. The summed E-state index contributed by atoms with van der Waals surface area (Å²) >= 11 is 0. The van der Waals surface area contributed by atoms with Gasteiger partial charge in [0.2, 0.25) is 0 Å². The van der Waals surface area contributed by atoms with E-state index < -0.39 is 5.97 Å². The first kappa shape index (κ1) is 14.5. The average Bonchev–Trinajstić information content (AvgIpc) is 3.01. The molecule has 2 aliphatic rings. The van der Waals surface area contributed by atoms with Gasteiger partial charge in [0.05, 0.1) is 0 Å². The van der Waals surface area contributed by atoms with E-state index in [1.165, 1.54) is 51.4 Å². The van der Waals surface area contributed by atoms with Crippen LogP contribution in [0.1, 0.15) is 70.6 Å². The third kappa shape index (κ3) is 4.32. The SMILES string of the molecule is O=C(O)CC(=O)C1C2CCCCCCCCCCC21. The van der Waals surface area contributed by atoms with E-state index in [9.17, 15) is 9.59 Å². The molecule has 0 aliphatic heterocycles. The van der Waals surface area contributed by atoms with Gasteiger partial charge in [0, 0.05) is 5.92 Å². The lowest BCUT2D eigenvalue weighted by atomic mass is 10.0. The second kappa shape index (κ2) is 7.06. The van der Waals surface area contributed by atoms with Crippen LogP contribution >= 0.6 is 0 Å². The Labute approximate surface area is 115 Å². The van der Waals surface area contributed by atoms with Crippen LogP contribution in [0.2, 0.25) is 0 Å². The maximum absolute atomic E-state index is 11.9. The second-order valence-corrected chi connectivity index (χ2v) is 6.30. The number of aliphatic carboxylic acids is 1. The highest BCUT2D eigenvalue weighted by Crippen LogP contribution is 2.53. The van der Waals surface area contributed by atoms with Crippen LogP contribution < -0.4 is 0 Å². The zero-order chi connectivity index (χ0) is 13.7. The number of Topliss-reactive ketones (excluding diaryl/α,β-unsaturated/α-hetero) is 1. The zero-order valence-electron chi connectivity index (χ0n) is 11.8. The first-order valence-corrected chi connectivity index (χ1v) is 7.94. The highest BCUT2D eigenvalue weighted by atomic mass is 16.4. The van der Waals surface area contributed by atoms with Gasteiger partial charge in [-0.15, -0.1) is 0 Å². The molecule has 1 N–H and O–H groups in total. The molecule has 0 radical (unpaired) electrons. The number of fused-ring (bicyclic) bond motifs is 1. The highest BCUT2D eigenvalue weighted by molar-refractivity contribution is 5.97. The van der Waals surface area contributed by atoms with Gasteiger partial charge in [-0.25, -0.2) is 0 Å². The first-order valence-electron chi connectivity index (χ1n) is 7.94. The Morgan fingerprint density at radius 3 is 1.63 bits per heavy atom. The molecular formula is C16H26O3. The summed E-state index contributed by atoms with van der Waals surface area (Å²) in [4.78, 5) is 22.6. The number of ketones is 1. The van der Waals surface area contributed by atoms with Gasteiger partial charge in [-0.1, -0.05) is 51.4 Å². The molecule has 0 amide bonds. The van der Waals surface area contributed by atoms with Crippen molar-refractivity contribution in [3.8, 4) is 0 Å². The summed E-state index contributed by atoms with van der Waals surface area (Å²) in [5, 5.41) is 8.75. The van der Waals surface area contributed by atoms with Gasteiger partial charge >= 0.3 is 5.97 Å². The fourth-order valence-electron chi connectivity index (χ4n) is 3.80. The van der Waals surface area contributed by atoms with Crippen molar-refractivity contribution in [2.24, 2.45) is 17.8 Å². The smallest absolute Gasteiger partial charge is 0.310 e. The Hall–Kier alpha value is -0.860. The molecule has 19 heavy (non-hydrogen) atoms. The Balaban J connectivity index is 1.85. The number of carbonyl (C=O) groups excluding carboxylic acids is 1. The van der Waals surface area contributed by atoms with Crippen LogP contribution in [-0.4, -0.2) is 16.9 Å². The molecule has 3 heteroatoms. The monoisotopic (exact) mass is 266 g/mol. The van der Waals surface area contributed by atoms with Crippen molar-refractivity contribution in [3.63, 3.8) is 0 Å². The van der Waals surface area contributed by atoms with E-state index in [0.29, 0.717) is 11.8 Å². The van der Waals surface area contributed by atoms with Crippen LogP contribution in [0.5, 0.6) is 0 Å². The van der Waals surface area contributed by atoms with Crippen molar-refractivity contribution in [1.29, 1.82) is 0 Å². The fourth-order valence-corrected chi connectivity index (χ4v) is 3.80. The van der Waals surface area contributed by atoms with E-state index in [-0.39, 0.29) is 18.1 Å². The highest BCUT2D eigenvalue weighted by Gasteiger charge is 2.52. The Morgan fingerprint density at radius 2 is 1.21 bits per heavy atom. The molecule has 3 nitrogen and oxygen atoms in total. The summed E-state index contributed by atoms with van der Waals surface area (Å²) in [6.45, 7) is 0. The zero-order valence-corrected chi connectivity index (χ0v) is 11.8. The van der Waals surface area contributed by atoms with Crippen molar-refractivity contribution in [2.75, 3.05) is 0 Å². The average molecular weight is 266 g/mol. The molecule has 0 aromatic carbocycles. The molecule has 2 saturated carbocycles.